The van der Waals surface area contributed by atoms with E-state index in [0.29, 0.717) is 10.7 Å². The summed E-state index contributed by atoms with van der Waals surface area (Å²) in [6, 6.07) is 11.0. The highest BCUT2D eigenvalue weighted by molar-refractivity contribution is 6.30. The Morgan fingerprint density at radius 1 is 1.04 bits per heavy atom. The first kappa shape index (κ1) is 18.0. The fourth-order valence-corrected chi connectivity index (χ4v) is 2.80. The Kier molecular flexibility index (Phi) is 5.62. The number of nitrogens with zero attached hydrogens (tertiary/aromatic N) is 1. The van der Waals surface area contributed by atoms with Crippen LogP contribution in [0.15, 0.2) is 36.4 Å². The fraction of sp³-hybridized carbons (Fsp3) is 0.263. The van der Waals surface area contributed by atoms with Crippen molar-refractivity contribution >= 4 is 34.8 Å². The number of amides is 2. The molecular formula is C19H21ClN2O2. The molecule has 2 aromatic carbocycles. The Morgan fingerprint density at radius 2 is 1.75 bits per heavy atom. The smallest absolute Gasteiger partial charge is 0.244 e. The maximum atomic E-state index is 12.4. The highest BCUT2D eigenvalue weighted by atomic mass is 35.5. The molecule has 4 nitrogen and oxygen atoms in total. The lowest BCUT2D eigenvalue weighted by atomic mass is 10.1. The van der Waals surface area contributed by atoms with E-state index in [2.05, 4.69) is 5.32 Å². The molecule has 5 heteroatoms. The van der Waals surface area contributed by atoms with E-state index in [1.165, 1.54) is 11.8 Å². The van der Waals surface area contributed by atoms with E-state index in [9.17, 15) is 9.59 Å². The zero-order chi connectivity index (χ0) is 17.9. The fourth-order valence-electron chi connectivity index (χ4n) is 2.58. The summed E-state index contributed by atoms with van der Waals surface area (Å²) in [6.45, 7) is 7.21. The van der Waals surface area contributed by atoms with Gasteiger partial charge in [0.05, 0.1) is 0 Å². The van der Waals surface area contributed by atoms with Crippen LogP contribution in [0.25, 0.3) is 0 Å². The Hall–Kier alpha value is -2.33. The SMILES string of the molecule is CC(=O)N(CC(=O)Nc1ccc(Cl)cc1C)c1ccc(C)cc1C. The van der Waals surface area contributed by atoms with E-state index in [-0.39, 0.29) is 18.4 Å². The van der Waals surface area contributed by atoms with E-state index >= 15 is 0 Å². The number of carbonyl (C=O) groups excluding carboxylic acids is 2. The standard InChI is InChI=1S/C19H21ClN2O2/c1-12-5-8-18(14(3)9-12)22(15(4)23)11-19(24)21-17-7-6-16(20)10-13(17)2/h5-10H,11H2,1-4H3,(H,21,24). The Labute approximate surface area is 147 Å². The van der Waals surface area contributed by atoms with Crippen LogP contribution in [-0.4, -0.2) is 18.4 Å². The van der Waals surface area contributed by atoms with Gasteiger partial charge in [0.25, 0.3) is 0 Å². The van der Waals surface area contributed by atoms with Crippen molar-refractivity contribution in [2.45, 2.75) is 27.7 Å². The van der Waals surface area contributed by atoms with E-state index in [4.69, 9.17) is 11.6 Å². The first-order valence-electron chi connectivity index (χ1n) is 7.69. The molecule has 126 valence electrons. The van der Waals surface area contributed by atoms with Gasteiger partial charge in [0.2, 0.25) is 11.8 Å². The van der Waals surface area contributed by atoms with E-state index < -0.39 is 0 Å². The van der Waals surface area contributed by atoms with Crippen LogP contribution in [-0.2, 0) is 9.59 Å². The summed E-state index contributed by atoms with van der Waals surface area (Å²) in [6.07, 6.45) is 0. The topological polar surface area (TPSA) is 49.4 Å². The van der Waals surface area contributed by atoms with Gasteiger partial charge in [-0.2, -0.15) is 0 Å². The molecule has 0 saturated carbocycles. The molecule has 0 atom stereocenters. The molecule has 24 heavy (non-hydrogen) atoms. The lowest BCUT2D eigenvalue weighted by Gasteiger charge is -2.23. The summed E-state index contributed by atoms with van der Waals surface area (Å²) >= 11 is 5.92. The first-order chi connectivity index (χ1) is 11.3. The van der Waals surface area contributed by atoms with Gasteiger partial charge in [0.1, 0.15) is 6.54 Å². The number of carbonyl (C=O) groups is 2. The predicted octanol–water partition coefficient (Wildman–Crippen LogP) is 4.26. The molecule has 0 fully saturated rings. The van der Waals surface area contributed by atoms with Crippen LogP contribution in [0.2, 0.25) is 5.02 Å². The lowest BCUT2D eigenvalue weighted by molar-refractivity contribution is -0.120. The van der Waals surface area contributed by atoms with Crippen LogP contribution in [0.4, 0.5) is 11.4 Å². The average molecular weight is 345 g/mol. The van der Waals surface area contributed by atoms with Crippen LogP contribution in [0.5, 0.6) is 0 Å². The van der Waals surface area contributed by atoms with Crippen molar-refractivity contribution in [1.82, 2.24) is 0 Å². The van der Waals surface area contributed by atoms with Gasteiger partial charge in [-0.05, 0) is 56.2 Å². The molecule has 0 aliphatic rings. The van der Waals surface area contributed by atoms with Gasteiger partial charge in [-0.15, -0.1) is 0 Å². The van der Waals surface area contributed by atoms with E-state index in [0.717, 1.165) is 22.4 Å². The maximum absolute atomic E-state index is 12.4. The number of rotatable bonds is 4. The molecule has 0 saturated heterocycles. The number of halogens is 1. The van der Waals surface area contributed by atoms with Crippen molar-refractivity contribution in [1.29, 1.82) is 0 Å². The van der Waals surface area contributed by atoms with Gasteiger partial charge in [-0.3, -0.25) is 9.59 Å². The highest BCUT2D eigenvalue weighted by Crippen LogP contribution is 2.22. The van der Waals surface area contributed by atoms with Crippen molar-refractivity contribution in [3.8, 4) is 0 Å². The molecule has 2 amide bonds. The summed E-state index contributed by atoms with van der Waals surface area (Å²) < 4.78 is 0. The van der Waals surface area contributed by atoms with Crippen molar-refractivity contribution in [2.75, 3.05) is 16.8 Å². The van der Waals surface area contributed by atoms with Gasteiger partial charge in [-0.1, -0.05) is 29.3 Å². The summed E-state index contributed by atoms with van der Waals surface area (Å²) in [5.41, 5.74) is 4.38. The molecule has 0 heterocycles. The minimum absolute atomic E-state index is 0.0404. The van der Waals surface area contributed by atoms with Crippen LogP contribution < -0.4 is 10.2 Å². The number of nitrogens with one attached hydrogen (secondary N) is 1. The van der Waals surface area contributed by atoms with Gasteiger partial charge in [-0.25, -0.2) is 0 Å². The molecule has 0 bridgehead atoms. The van der Waals surface area contributed by atoms with Crippen LogP contribution in [0.1, 0.15) is 23.6 Å². The molecule has 0 spiro atoms. The number of hydrogen-bond acceptors (Lipinski definition) is 2. The summed E-state index contributed by atoms with van der Waals surface area (Å²) in [4.78, 5) is 25.9. The van der Waals surface area contributed by atoms with Gasteiger partial charge in [0, 0.05) is 23.3 Å². The van der Waals surface area contributed by atoms with Crippen LogP contribution in [0, 0.1) is 20.8 Å². The minimum Gasteiger partial charge on any atom is -0.324 e. The monoisotopic (exact) mass is 344 g/mol. The number of anilines is 2. The molecule has 0 aliphatic carbocycles. The average Bonchev–Trinajstić information content (AvgIpc) is 2.48. The van der Waals surface area contributed by atoms with Gasteiger partial charge in [0.15, 0.2) is 0 Å². The lowest BCUT2D eigenvalue weighted by Crippen LogP contribution is -2.37. The van der Waals surface area contributed by atoms with Gasteiger partial charge >= 0.3 is 0 Å². The van der Waals surface area contributed by atoms with Crippen molar-refractivity contribution in [3.63, 3.8) is 0 Å². The zero-order valence-electron chi connectivity index (χ0n) is 14.3. The Morgan fingerprint density at radius 3 is 2.33 bits per heavy atom. The third-order valence-electron chi connectivity index (χ3n) is 3.79. The quantitative estimate of drug-likeness (QED) is 0.901. The van der Waals surface area contributed by atoms with E-state index in [1.807, 2.05) is 39.0 Å². The molecular weight excluding hydrogens is 324 g/mol. The second-order valence-electron chi connectivity index (χ2n) is 5.90. The predicted molar refractivity (Wildman–Crippen MR) is 98.8 cm³/mol. The number of aryl methyl sites for hydroxylation is 3. The van der Waals surface area contributed by atoms with Crippen LogP contribution >= 0.6 is 11.6 Å². The first-order valence-corrected chi connectivity index (χ1v) is 8.07. The Balaban J connectivity index is 2.18. The second-order valence-corrected chi connectivity index (χ2v) is 6.34. The molecule has 0 aromatic heterocycles. The zero-order valence-corrected chi connectivity index (χ0v) is 15.1. The number of hydrogen-bond donors (Lipinski definition) is 1. The minimum atomic E-state index is -0.254. The maximum Gasteiger partial charge on any atom is 0.244 e. The Bertz CT molecular complexity index is 787. The van der Waals surface area contributed by atoms with Crippen molar-refractivity contribution in [2.24, 2.45) is 0 Å². The largest absolute Gasteiger partial charge is 0.324 e. The van der Waals surface area contributed by atoms with Crippen molar-refractivity contribution in [3.05, 3.63) is 58.1 Å². The van der Waals surface area contributed by atoms with Crippen molar-refractivity contribution < 1.29 is 9.59 Å². The van der Waals surface area contributed by atoms with Gasteiger partial charge < -0.3 is 10.2 Å². The molecule has 0 aliphatic heterocycles. The second kappa shape index (κ2) is 7.49. The number of benzene rings is 2. The summed E-state index contributed by atoms with van der Waals surface area (Å²) in [5, 5.41) is 3.45. The summed E-state index contributed by atoms with van der Waals surface area (Å²) in [7, 11) is 0. The molecule has 1 N–H and O–H groups in total. The van der Waals surface area contributed by atoms with E-state index in [1.54, 1.807) is 18.2 Å². The molecule has 0 unspecified atom stereocenters. The molecule has 2 aromatic rings. The third kappa shape index (κ3) is 4.36. The normalized spacial score (nSPS) is 10.4. The summed E-state index contributed by atoms with van der Waals surface area (Å²) in [5.74, 6) is -0.430. The third-order valence-corrected chi connectivity index (χ3v) is 4.02. The highest BCUT2D eigenvalue weighted by Gasteiger charge is 2.18. The molecule has 2 rings (SSSR count). The van der Waals surface area contributed by atoms with Crippen LogP contribution in [0.3, 0.4) is 0 Å². The molecule has 0 radical (unpaired) electrons.